The Morgan fingerprint density at radius 3 is 1.60 bits per heavy atom. The monoisotopic (exact) mass is 162 g/mol. The van der Waals surface area contributed by atoms with Gasteiger partial charge in [-0.1, -0.05) is 0 Å². The smallest absolute Gasteiger partial charge is 0.310 e. The summed E-state index contributed by atoms with van der Waals surface area (Å²) in [5.41, 5.74) is 0. The molecule has 0 spiro atoms. The molecule has 5 heavy (non-hydrogen) atoms. The maximum atomic E-state index is 8.46. The van der Waals surface area contributed by atoms with Crippen molar-refractivity contribution in [3.05, 3.63) is 0 Å². The second-order valence-corrected chi connectivity index (χ2v) is 0.245. The molecule has 0 rings (SSSR count). The van der Waals surface area contributed by atoms with Crippen LogP contribution in [0.25, 0.3) is 0 Å². The van der Waals surface area contributed by atoms with E-state index in [4.69, 9.17) is 9.46 Å². The zero-order chi connectivity index (χ0) is 2.71. The van der Waals surface area contributed by atoms with E-state index in [0.29, 0.717) is 0 Å². The van der Waals surface area contributed by atoms with Crippen LogP contribution >= 0.6 is 18.6 Å². The molecule has 0 saturated heterocycles. The van der Waals surface area contributed by atoms with Crippen LogP contribution in [-0.2, 0) is 24.0 Å². The molecule has 0 aliphatic carbocycles. The SMILES string of the molecule is O=PO.P.[Zn]. The summed E-state index contributed by atoms with van der Waals surface area (Å²) in [5, 5.41) is 0. The predicted molar refractivity (Wildman–Crippen MR) is 20.9 cm³/mol. The molecule has 0 fully saturated rings. The van der Waals surface area contributed by atoms with Crippen LogP contribution in [-0.4, -0.2) is 4.89 Å². The average molecular weight is 163 g/mol. The van der Waals surface area contributed by atoms with Gasteiger partial charge in [0.2, 0.25) is 0 Å². The van der Waals surface area contributed by atoms with Crippen molar-refractivity contribution >= 4 is 18.6 Å². The quantitative estimate of drug-likeness (QED) is 0.410. The molecule has 0 bridgehead atoms. The zero-order valence-electron chi connectivity index (χ0n) is 2.72. The zero-order valence-corrected chi connectivity index (χ0v) is 7.99. The summed E-state index contributed by atoms with van der Waals surface area (Å²) in [5.74, 6) is 0. The van der Waals surface area contributed by atoms with Gasteiger partial charge < -0.3 is 4.89 Å². The molecular weight excluding hydrogens is 159 g/mol. The van der Waals surface area contributed by atoms with Crippen LogP contribution < -0.4 is 0 Å². The standard InChI is InChI=1S/HO2P.H3P.Zn/c1-3-2;;/h(H,1,2);1H3;. The van der Waals surface area contributed by atoms with Crippen molar-refractivity contribution < 1.29 is 28.9 Å². The first-order valence-electron chi connectivity index (χ1n) is 0.383. The van der Waals surface area contributed by atoms with Gasteiger partial charge >= 0.3 is 8.69 Å². The number of hydrogen-bond donors (Lipinski definition) is 1. The number of hydrogen-bond acceptors (Lipinski definition) is 1. The van der Waals surface area contributed by atoms with Crippen LogP contribution in [0.15, 0.2) is 0 Å². The molecule has 0 aliphatic rings. The fraction of sp³-hybridized carbons (Fsp3) is 0. The van der Waals surface area contributed by atoms with Gasteiger partial charge in [0.05, 0.1) is 0 Å². The van der Waals surface area contributed by atoms with E-state index in [0.717, 1.165) is 0 Å². The Balaban J connectivity index is -0.0000000200. The molecule has 2 nitrogen and oxygen atoms in total. The second kappa shape index (κ2) is 19.4. The largest absolute Gasteiger partial charge is 0.324 e. The topological polar surface area (TPSA) is 37.3 Å². The molecule has 0 aromatic carbocycles. The van der Waals surface area contributed by atoms with Crippen molar-refractivity contribution in [1.82, 2.24) is 0 Å². The third-order valence-electron chi connectivity index (χ3n) is 0. The summed E-state index contributed by atoms with van der Waals surface area (Å²) in [6.45, 7) is 0. The van der Waals surface area contributed by atoms with Crippen LogP contribution in [0.4, 0.5) is 0 Å². The van der Waals surface area contributed by atoms with Crippen molar-refractivity contribution in [3.8, 4) is 0 Å². The Morgan fingerprint density at radius 2 is 1.60 bits per heavy atom. The van der Waals surface area contributed by atoms with Gasteiger partial charge in [-0.3, -0.25) is 0 Å². The maximum absolute atomic E-state index is 8.46. The summed E-state index contributed by atoms with van der Waals surface area (Å²) in [4.78, 5) is 6.99. The molecule has 28 valence electrons. The van der Waals surface area contributed by atoms with E-state index in [1.54, 1.807) is 0 Å². The Labute approximate surface area is 48.0 Å². The Hall–Kier alpha value is 1.11. The first kappa shape index (κ1) is 16.5. The second-order valence-electron chi connectivity index (χ2n) is 0.0816. The minimum Gasteiger partial charge on any atom is -0.310 e. The van der Waals surface area contributed by atoms with E-state index in [-0.39, 0.29) is 29.4 Å². The Bertz CT molecular complexity index is 15.1. The van der Waals surface area contributed by atoms with Gasteiger partial charge in [-0.2, -0.15) is 9.90 Å². The average Bonchev–Trinajstić information content (AvgIpc) is 0.918. The van der Waals surface area contributed by atoms with Crippen molar-refractivity contribution in [2.75, 3.05) is 0 Å². The van der Waals surface area contributed by atoms with Crippen molar-refractivity contribution in [2.24, 2.45) is 0 Å². The summed E-state index contributed by atoms with van der Waals surface area (Å²) >= 11 is 0. The molecule has 1 atom stereocenters. The predicted octanol–water partition coefficient (Wildman–Crippen LogP) is 0.241. The van der Waals surface area contributed by atoms with E-state index in [9.17, 15) is 0 Å². The molecule has 0 aromatic heterocycles. The van der Waals surface area contributed by atoms with E-state index in [1.165, 1.54) is 0 Å². The van der Waals surface area contributed by atoms with Crippen molar-refractivity contribution in [3.63, 3.8) is 0 Å². The van der Waals surface area contributed by atoms with Crippen LogP contribution in [0.3, 0.4) is 0 Å². The molecule has 5 heteroatoms. The Kier molecular flexibility index (Phi) is 63.9. The molecule has 0 heterocycles. The van der Waals surface area contributed by atoms with Crippen LogP contribution in [0.5, 0.6) is 0 Å². The minimum atomic E-state index is -0.833. The van der Waals surface area contributed by atoms with E-state index < -0.39 is 8.69 Å². The van der Waals surface area contributed by atoms with Gasteiger partial charge in [-0.15, -0.1) is 0 Å². The third-order valence-corrected chi connectivity index (χ3v) is 0. The van der Waals surface area contributed by atoms with Gasteiger partial charge in [0.1, 0.15) is 0 Å². The van der Waals surface area contributed by atoms with Gasteiger partial charge in [0, 0.05) is 19.5 Å². The minimum absolute atomic E-state index is 0. The summed E-state index contributed by atoms with van der Waals surface area (Å²) < 4.78 is 8.46. The molecule has 0 amide bonds. The van der Waals surface area contributed by atoms with Crippen LogP contribution in [0.1, 0.15) is 0 Å². The summed E-state index contributed by atoms with van der Waals surface area (Å²) in [6, 6.07) is 0. The maximum Gasteiger partial charge on any atom is 0.324 e. The molecule has 0 saturated carbocycles. The van der Waals surface area contributed by atoms with Gasteiger partial charge in [0.15, 0.2) is 0 Å². The van der Waals surface area contributed by atoms with Crippen molar-refractivity contribution in [2.45, 2.75) is 0 Å². The molecule has 0 radical (unpaired) electrons. The molecule has 0 aromatic rings. The first-order valence-corrected chi connectivity index (χ1v) is 1.15. The molecule has 0 aliphatic heterocycles. The van der Waals surface area contributed by atoms with Gasteiger partial charge in [-0.25, -0.2) is 4.57 Å². The first-order chi connectivity index (χ1) is 1.41. The molecule has 1 N–H and O–H groups in total. The summed E-state index contributed by atoms with van der Waals surface area (Å²) in [7, 11) is -0.833. The van der Waals surface area contributed by atoms with Gasteiger partial charge in [0.25, 0.3) is 0 Å². The van der Waals surface area contributed by atoms with Crippen LogP contribution in [0.2, 0.25) is 0 Å². The fourth-order valence-corrected chi connectivity index (χ4v) is 0. The normalized spacial score (nSPS) is 4.20. The number of rotatable bonds is 0. The van der Waals surface area contributed by atoms with Gasteiger partial charge in [-0.05, 0) is 0 Å². The van der Waals surface area contributed by atoms with Crippen molar-refractivity contribution in [1.29, 1.82) is 0 Å². The fourth-order valence-electron chi connectivity index (χ4n) is 0. The molecule has 1 unspecified atom stereocenters. The third kappa shape index (κ3) is 40.0. The van der Waals surface area contributed by atoms with E-state index >= 15 is 0 Å². The summed E-state index contributed by atoms with van der Waals surface area (Å²) in [6.07, 6.45) is 0. The Morgan fingerprint density at radius 1 is 1.60 bits per heavy atom. The molecular formula is H4O2P2Zn. The van der Waals surface area contributed by atoms with Crippen LogP contribution in [0, 0.1) is 0 Å². The van der Waals surface area contributed by atoms with E-state index in [2.05, 4.69) is 0 Å². The van der Waals surface area contributed by atoms with E-state index in [1.807, 2.05) is 0 Å².